The minimum Gasteiger partial charge on any atom is -0.395 e. The van der Waals surface area contributed by atoms with Crippen LogP contribution in [0.15, 0.2) is 42.6 Å². The van der Waals surface area contributed by atoms with E-state index < -0.39 is 0 Å². The molecule has 6 heteroatoms. The van der Waals surface area contributed by atoms with Crippen molar-refractivity contribution < 1.29 is 9.90 Å². The van der Waals surface area contributed by atoms with Crippen molar-refractivity contribution in [3.05, 3.63) is 48.2 Å². The van der Waals surface area contributed by atoms with E-state index in [-0.39, 0.29) is 18.7 Å². The largest absolute Gasteiger partial charge is 0.395 e. The molecule has 0 atom stereocenters. The number of benzene rings is 1. The van der Waals surface area contributed by atoms with Gasteiger partial charge in [0.05, 0.1) is 13.2 Å². The molecular formula is C16H20N4O2. The maximum Gasteiger partial charge on any atom is 0.323 e. The van der Waals surface area contributed by atoms with E-state index in [0.717, 1.165) is 18.4 Å². The molecule has 2 N–H and O–H groups in total. The Morgan fingerprint density at radius 3 is 2.77 bits per heavy atom. The molecule has 0 bridgehead atoms. The maximum atomic E-state index is 12.2. The number of urea groups is 1. The zero-order valence-electron chi connectivity index (χ0n) is 12.4. The summed E-state index contributed by atoms with van der Waals surface area (Å²) in [4.78, 5) is 13.9. The van der Waals surface area contributed by atoms with E-state index >= 15 is 0 Å². The predicted molar refractivity (Wildman–Crippen MR) is 83.6 cm³/mol. The lowest BCUT2D eigenvalue weighted by molar-refractivity contribution is 0.185. The average Bonchev–Trinajstić information content (AvgIpc) is 3.27. The highest BCUT2D eigenvalue weighted by molar-refractivity contribution is 5.88. The number of rotatable bonds is 6. The summed E-state index contributed by atoms with van der Waals surface area (Å²) >= 11 is 0. The molecular weight excluding hydrogens is 280 g/mol. The lowest BCUT2D eigenvalue weighted by atomic mass is 10.2. The Morgan fingerprint density at radius 1 is 1.32 bits per heavy atom. The molecule has 2 aromatic rings. The molecule has 0 spiro atoms. The molecule has 3 rings (SSSR count). The Kier molecular flexibility index (Phi) is 4.39. The van der Waals surface area contributed by atoms with Crippen LogP contribution in [0.2, 0.25) is 0 Å². The fourth-order valence-electron chi connectivity index (χ4n) is 2.41. The number of hydrogen-bond donors (Lipinski definition) is 2. The molecule has 1 aromatic carbocycles. The lowest BCUT2D eigenvalue weighted by Crippen LogP contribution is -2.38. The topological polar surface area (TPSA) is 70.4 Å². The SMILES string of the molecule is O=C(Nc1ccn(Cc2ccccc2)n1)N(CCO)C1CC1. The molecule has 116 valence electrons. The fourth-order valence-corrected chi connectivity index (χ4v) is 2.41. The third-order valence-electron chi connectivity index (χ3n) is 3.65. The summed E-state index contributed by atoms with van der Waals surface area (Å²) in [6.07, 6.45) is 3.86. The van der Waals surface area contributed by atoms with Crippen molar-refractivity contribution in [1.29, 1.82) is 0 Å². The van der Waals surface area contributed by atoms with E-state index in [1.165, 1.54) is 0 Å². The van der Waals surface area contributed by atoms with Crippen molar-refractivity contribution in [3.63, 3.8) is 0 Å². The first kappa shape index (κ1) is 14.6. The second-order valence-electron chi connectivity index (χ2n) is 5.46. The van der Waals surface area contributed by atoms with Crippen LogP contribution in [-0.2, 0) is 6.54 Å². The van der Waals surface area contributed by atoms with Gasteiger partial charge in [-0.2, -0.15) is 5.10 Å². The monoisotopic (exact) mass is 300 g/mol. The van der Waals surface area contributed by atoms with E-state index in [0.29, 0.717) is 18.9 Å². The van der Waals surface area contributed by atoms with Crippen LogP contribution in [0.25, 0.3) is 0 Å². The smallest absolute Gasteiger partial charge is 0.323 e. The van der Waals surface area contributed by atoms with E-state index in [9.17, 15) is 4.79 Å². The van der Waals surface area contributed by atoms with Gasteiger partial charge in [0, 0.05) is 24.8 Å². The van der Waals surface area contributed by atoms with Crippen LogP contribution >= 0.6 is 0 Å². The van der Waals surface area contributed by atoms with Gasteiger partial charge in [0.1, 0.15) is 0 Å². The summed E-state index contributed by atoms with van der Waals surface area (Å²) in [6, 6.07) is 11.9. The van der Waals surface area contributed by atoms with Crippen LogP contribution in [0.1, 0.15) is 18.4 Å². The summed E-state index contributed by atoms with van der Waals surface area (Å²) in [7, 11) is 0. The lowest BCUT2D eigenvalue weighted by Gasteiger charge is -2.20. The average molecular weight is 300 g/mol. The van der Waals surface area contributed by atoms with Gasteiger partial charge in [0.15, 0.2) is 5.82 Å². The minimum absolute atomic E-state index is 0.0215. The number of nitrogens with zero attached hydrogens (tertiary/aromatic N) is 3. The van der Waals surface area contributed by atoms with Crippen molar-refractivity contribution >= 4 is 11.8 Å². The Bertz CT molecular complexity index is 622. The zero-order valence-corrected chi connectivity index (χ0v) is 12.4. The number of carbonyl (C=O) groups excluding carboxylic acids is 1. The molecule has 2 amide bonds. The Morgan fingerprint density at radius 2 is 2.09 bits per heavy atom. The molecule has 1 aliphatic carbocycles. The van der Waals surface area contributed by atoms with Gasteiger partial charge in [-0.05, 0) is 18.4 Å². The molecule has 1 fully saturated rings. The number of aromatic nitrogens is 2. The highest BCUT2D eigenvalue weighted by Crippen LogP contribution is 2.27. The van der Waals surface area contributed by atoms with Crippen LogP contribution < -0.4 is 5.32 Å². The summed E-state index contributed by atoms with van der Waals surface area (Å²) in [6.45, 7) is 1.01. The quantitative estimate of drug-likeness (QED) is 0.856. The highest BCUT2D eigenvalue weighted by Gasteiger charge is 2.32. The van der Waals surface area contributed by atoms with Gasteiger partial charge >= 0.3 is 6.03 Å². The van der Waals surface area contributed by atoms with Crippen molar-refractivity contribution in [2.75, 3.05) is 18.5 Å². The van der Waals surface area contributed by atoms with Gasteiger partial charge in [-0.1, -0.05) is 30.3 Å². The third-order valence-corrected chi connectivity index (χ3v) is 3.65. The summed E-state index contributed by atoms with van der Waals surface area (Å²) < 4.78 is 1.79. The molecule has 22 heavy (non-hydrogen) atoms. The second-order valence-corrected chi connectivity index (χ2v) is 5.46. The number of nitrogens with one attached hydrogen (secondary N) is 1. The molecule has 1 aromatic heterocycles. The van der Waals surface area contributed by atoms with E-state index in [1.807, 2.05) is 36.5 Å². The second kappa shape index (κ2) is 6.62. The molecule has 0 radical (unpaired) electrons. The molecule has 0 aliphatic heterocycles. The van der Waals surface area contributed by atoms with Crippen LogP contribution in [0, 0.1) is 0 Å². The standard InChI is InChI=1S/C16H20N4O2/c21-11-10-20(14-6-7-14)16(22)17-15-8-9-19(18-15)12-13-4-2-1-3-5-13/h1-5,8-9,14,21H,6-7,10-12H2,(H,17,18,22). The number of hydrogen-bond acceptors (Lipinski definition) is 3. The number of amides is 2. The van der Waals surface area contributed by atoms with Crippen molar-refractivity contribution in [2.24, 2.45) is 0 Å². The van der Waals surface area contributed by atoms with Crippen molar-refractivity contribution in [1.82, 2.24) is 14.7 Å². The number of aliphatic hydroxyl groups excluding tert-OH is 1. The van der Waals surface area contributed by atoms with Gasteiger partial charge in [0.25, 0.3) is 0 Å². The van der Waals surface area contributed by atoms with Crippen LogP contribution in [0.4, 0.5) is 10.6 Å². The van der Waals surface area contributed by atoms with Gasteiger partial charge in [0.2, 0.25) is 0 Å². The van der Waals surface area contributed by atoms with Crippen LogP contribution in [-0.4, -0.2) is 45.0 Å². The summed E-state index contributed by atoms with van der Waals surface area (Å²) in [5.41, 5.74) is 1.16. The zero-order chi connectivity index (χ0) is 15.4. The number of anilines is 1. The number of aliphatic hydroxyl groups is 1. The van der Waals surface area contributed by atoms with Gasteiger partial charge in [-0.3, -0.25) is 10.00 Å². The third kappa shape index (κ3) is 3.65. The molecule has 0 unspecified atom stereocenters. The fraction of sp³-hybridized carbons (Fsp3) is 0.375. The maximum absolute atomic E-state index is 12.2. The summed E-state index contributed by atoms with van der Waals surface area (Å²) in [5.74, 6) is 0.532. The van der Waals surface area contributed by atoms with Gasteiger partial charge in [-0.25, -0.2) is 4.79 Å². The molecule has 1 saturated carbocycles. The van der Waals surface area contributed by atoms with Crippen LogP contribution in [0.3, 0.4) is 0 Å². The molecule has 1 heterocycles. The van der Waals surface area contributed by atoms with Gasteiger partial charge in [-0.15, -0.1) is 0 Å². The molecule has 1 aliphatic rings. The van der Waals surface area contributed by atoms with E-state index in [1.54, 1.807) is 15.6 Å². The Labute approximate surface area is 129 Å². The van der Waals surface area contributed by atoms with E-state index in [2.05, 4.69) is 10.4 Å². The normalized spacial score (nSPS) is 13.9. The van der Waals surface area contributed by atoms with Crippen LogP contribution in [0.5, 0.6) is 0 Å². The Hall–Kier alpha value is -2.34. The van der Waals surface area contributed by atoms with Crippen molar-refractivity contribution in [2.45, 2.75) is 25.4 Å². The summed E-state index contributed by atoms with van der Waals surface area (Å²) in [5, 5.41) is 16.2. The first-order valence-corrected chi connectivity index (χ1v) is 7.52. The molecule has 6 nitrogen and oxygen atoms in total. The van der Waals surface area contributed by atoms with E-state index in [4.69, 9.17) is 5.11 Å². The minimum atomic E-state index is -0.193. The highest BCUT2D eigenvalue weighted by atomic mass is 16.3. The van der Waals surface area contributed by atoms with Crippen molar-refractivity contribution in [3.8, 4) is 0 Å². The Balaban J connectivity index is 1.60. The molecule has 0 saturated heterocycles. The first-order valence-electron chi connectivity index (χ1n) is 7.52. The predicted octanol–water partition coefficient (Wildman–Crippen LogP) is 1.92. The number of carbonyl (C=O) groups is 1. The van der Waals surface area contributed by atoms with Gasteiger partial charge < -0.3 is 10.0 Å². The first-order chi connectivity index (χ1) is 10.8.